The fraction of sp³-hybridized carbons (Fsp3) is 0.269. The van der Waals surface area contributed by atoms with Gasteiger partial charge in [-0.3, -0.25) is 4.79 Å². The molecule has 2 heterocycles. The number of nitriles is 2. The topological polar surface area (TPSA) is 81.6 Å². The second-order valence-electron chi connectivity index (χ2n) is 8.24. The molecule has 1 aliphatic carbocycles. The van der Waals surface area contributed by atoms with Gasteiger partial charge in [0, 0.05) is 27.0 Å². The summed E-state index contributed by atoms with van der Waals surface area (Å²) in [4.78, 5) is 14.1. The molecule has 0 aliphatic heterocycles. The number of aromatic nitrogens is 1. The highest BCUT2D eigenvalue weighted by Gasteiger charge is 2.23. The maximum atomic E-state index is 13.0. The van der Waals surface area contributed by atoms with Crippen LogP contribution in [0.3, 0.4) is 0 Å². The molecule has 1 aromatic carbocycles. The highest BCUT2D eigenvalue weighted by molar-refractivity contribution is 7.16. The first kappa shape index (κ1) is 22.9. The molecule has 7 heteroatoms. The van der Waals surface area contributed by atoms with Crippen molar-refractivity contribution in [2.45, 2.75) is 46.5 Å². The van der Waals surface area contributed by atoms with Crippen molar-refractivity contribution in [3.8, 4) is 17.8 Å². The molecule has 166 valence electrons. The van der Waals surface area contributed by atoms with Gasteiger partial charge in [0.1, 0.15) is 22.7 Å². The zero-order valence-electron chi connectivity index (χ0n) is 18.8. The number of anilines is 1. The molecular formula is C26H23ClN4OS. The number of fused-ring (bicyclic) bond motifs is 1. The minimum Gasteiger partial charge on any atom is -0.318 e. The number of aryl methyl sites for hydroxylation is 3. The Kier molecular flexibility index (Phi) is 6.42. The van der Waals surface area contributed by atoms with E-state index in [0.717, 1.165) is 64.3 Å². The van der Waals surface area contributed by atoms with Crippen molar-refractivity contribution in [2.75, 3.05) is 5.32 Å². The summed E-state index contributed by atoms with van der Waals surface area (Å²) in [7, 11) is 0. The third-order valence-electron chi connectivity index (χ3n) is 6.06. The van der Waals surface area contributed by atoms with Crippen LogP contribution < -0.4 is 5.32 Å². The molecular weight excluding hydrogens is 452 g/mol. The molecule has 0 radical (unpaired) electrons. The van der Waals surface area contributed by atoms with Crippen LogP contribution in [0, 0.1) is 43.4 Å². The molecule has 1 amide bonds. The van der Waals surface area contributed by atoms with Crippen molar-refractivity contribution in [2.24, 2.45) is 0 Å². The van der Waals surface area contributed by atoms with Gasteiger partial charge in [-0.15, -0.1) is 11.3 Å². The number of nitrogens with one attached hydrogen (secondary N) is 1. The third-order valence-corrected chi connectivity index (χ3v) is 7.50. The van der Waals surface area contributed by atoms with Gasteiger partial charge in [-0.25, -0.2) is 0 Å². The minimum atomic E-state index is -0.503. The summed E-state index contributed by atoms with van der Waals surface area (Å²) in [6.07, 6.45) is 5.54. The first-order valence-corrected chi connectivity index (χ1v) is 12.0. The van der Waals surface area contributed by atoms with Crippen LogP contribution in [0.4, 0.5) is 5.00 Å². The number of hydrogen-bond acceptors (Lipinski definition) is 4. The Morgan fingerprint density at radius 2 is 1.94 bits per heavy atom. The van der Waals surface area contributed by atoms with Crippen LogP contribution >= 0.6 is 22.9 Å². The maximum absolute atomic E-state index is 13.0. The predicted octanol–water partition coefficient (Wildman–Crippen LogP) is 6.41. The number of carbonyl (C=O) groups is 1. The number of rotatable bonds is 4. The lowest BCUT2D eigenvalue weighted by molar-refractivity contribution is -0.112. The number of halogens is 1. The van der Waals surface area contributed by atoms with E-state index in [0.29, 0.717) is 15.6 Å². The lowest BCUT2D eigenvalue weighted by atomic mass is 9.96. The second kappa shape index (κ2) is 9.27. The van der Waals surface area contributed by atoms with Crippen LogP contribution in [0.2, 0.25) is 5.02 Å². The van der Waals surface area contributed by atoms with Crippen molar-refractivity contribution in [3.05, 3.63) is 73.4 Å². The van der Waals surface area contributed by atoms with Gasteiger partial charge in [0.2, 0.25) is 0 Å². The molecule has 3 aromatic rings. The Morgan fingerprint density at radius 1 is 1.18 bits per heavy atom. The molecule has 0 saturated carbocycles. The molecule has 2 aromatic heterocycles. The molecule has 0 bridgehead atoms. The lowest BCUT2D eigenvalue weighted by Gasteiger charge is -2.13. The summed E-state index contributed by atoms with van der Waals surface area (Å²) < 4.78 is 2.07. The van der Waals surface area contributed by atoms with Gasteiger partial charge in [-0.05, 0) is 87.4 Å². The Bertz CT molecular complexity index is 1380. The average Bonchev–Trinajstić information content (AvgIpc) is 3.28. The molecule has 1 aliphatic rings. The highest BCUT2D eigenvalue weighted by atomic mass is 35.5. The zero-order valence-corrected chi connectivity index (χ0v) is 20.3. The standard InChI is InChI=1S/C26H23ClN4OS/c1-15-8-9-20(27)12-23(15)31-16(2)10-18(17(31)3)11-19(13-28)25(32)30-26-22(14-29)21-6-4-5-7-24(21)33-26/h8-12H,4-7H2,1-3H3,(H,30,32)/b19-11+. The van der Waals surface area contributed by atoms with Crippen LogP contribution in [0.25, 0.3) is 11.8 Å². The van der Waals surface area contributed by atoms with Crippen molar-refractivity contribution >= 4 is 39.9 Å². The second-order valence-corrected chi connectivity index (χ2v) is 9.79. The van der Waals surface area contributed by atoms with E-state index in [1.54, 1.807) is 6.08 Å². The molecule has 0 fully saturated rings. The fourth-order valence-electron chi connectivity index (χ4n) is 4.37. The van der Waals surface area contributed by atoms with Crippen molar-refractivity contribution in [1.29, 1.82) is 10.5 Å². The normalized spacial score (nSPS) is 13.2. The molecule has 0 saturated heterocycles. The van der Waals surface area contributed by atoms with E-state index in [4.69, 9.17) is 11.6 Å². The fourth-order valence-corrected chi connectivity index (χ4v) is 5.78. The van der Waals surface area contributed by atoms with Crippen molar-refractivity contribution in [1.82, 2.24) is 4.57 Å². The zero-order chi connectivity index (χ0) is 23.7. The van der Waals surface area contributed by atoms with E-state index < -0.39 is 5.91 Å². The number of amides is 1. The Hall–Kier alpha value is -3.32. The molecule has 0 spiro atoms. The van der Waals surface area contributed by atoms with E-state index >= 15 is 0 Å². The van der Waals surface area contributed by atoms with Crippen molar-refractivity contribution < 1.29 is 4.79 Å². The van der Waals surface area contributed by atoms with Gasteiger partial charge in [-0.2, -0.15) is 10.5 Å². The summed E-state index contributed by atoms with van der Waals surface area (Å²) in [6, 6.07) is 11.9. The van der Waals surface area contributed by atoms with Crippen molar-refractivity contribution in [3.63, 3.8) is 0 Å². The SMILES string of the molecule is Cc1ccc(Cl)cc1-n1c(C)cc(/C=C(\C#N)C(=O)Nc2sc3c(c2C#N)CCCC3)c1C. The Morgan fingerprint density at radius 3 is 2.67 bits per heavy atom. The van der Waals surface area contributed by atoms with E-state index in [2.05, 4.69) is 16.0 Å². The van der Waals surface area contributed by atoms with Crippen LogP contribution in [-0.2, 0) is 17.6 Å². The minimum absolute atomic E-state index is 0.00618. The Labute approximate surface area is 202 Å². The number of hydrogen-bond donors (Lipinski definition) is 1. The van der Waals surface area contributed by atoms with E-state index in [-0.39, 0.29) is 5.57 Å². The molecule has 0 atom stereocenters. The van der Waals surface area contributed by atoms with Crippen LogP contribution in [0.1, 0.15) is 51.4 Å². The van der Waals surface area contributed by atoms with Gasteiger partial charge >= 0.3 is 0 Å². The number of thiophene rings is 1. The van der Waals surface area contributed by atoms with Crippen LogP contribution in [0.5, 0.6) is 0 Å². The average molecular weight is 475 g/mol. The van der Waals surface area contributed by atoms with E-state index in [9.17, 15) is 15.3 Å². The number of benzene rings is 1. The summed E-state index contributed by atoms with van der Waals surface area (Å²) in [6.45, 7) is 5.95. The molecule has 0 unspecified atom stereocenters. The molecule has 4 rings (SSSR count). The van der Waals surface area contributed by atoms with Gasteiger partial charge in [0.25, 0.3) is 5.91 Å². The van der Waals surface area contributed by atoms with Gasteiger partial charge in [-0.1, -0.05) is 17.7 Å². The quantitative estimate of drug-likeness (QED) is 0.350. The summed E-state index contributed by atoms with van der Waals surface area (Å²) in [5.74, 6) is -0.503. The molecule has 5 nitrogen and oxygen atoms in total. The number of carbonyl (C=O) groups excluding carboxylic acids is 1. The first-order valence-electron chi connectivity index (χ1n) is 10.8. The van der Waals surface area contributed by atoms with E-state index in [1.165, 1.54) is 11.3 Å². The summed E-state index contributed by atoms with van der Waals surface area (Å²) >= 11 is 7.67. The predicted molar refractivity (Wildman–Crippen MR) is 133 cm³/mol. The van der Waals surface area contributed by atoms with Crippen LogP contribution in [0.15, 0.2) is 29.8 Å². The third kappa shape index (κ3) is 4.33. The lowest BCUT2D eigenvalue weighted by Crippen LogP contribution is -2.13. The monoisotopic (exact) mass is 474 g/mol. The van der Waals surface area contributed by atoms with Crippen LogP contribution in [-0.4, -0.2) is 10.5 Å². The van der Waals surface area contributed by atoms with Gasteiger partial charge in [0.15, 0.2) is 0 Å². The first-order chi connectivity index (χ1) is 15.8. The summed E-state index contributed by atoms with van der Waals surface area (Å²) in [5.41, 5.74) is 6.27. The number of nitrogens with zero attached hydrogens (tertiary/aromatic N) is 3. The highest BCUT2D eigenvalue weighted by Crippen LogP contribution is 2.38. The molecule has 1 N–H and O–H groups in total. The largest absolute Gasteiger partial charge is 0.318 e. The van der Waals surface area contributed by atoms with Gasteiger partial charge < -0.3 is 9.88 Å². The molecule has 33 heavy (non-hydrogen) atoms. The smallest absolute Gasteiger partial charge is 0.266 e. The Balaban J connectivity index is 1.67. The van der Waals surface area contributed by atoms with Gasteiger partial charge in [0.05, 0.1) is 5.56 Å². The maximum Gasteiger partial charge on any atom is 0.266 e. The van der Waals surface area contributed by atoms with E-state index in [1.807, 2.05) is 51.1 Å². The summed E-state index contributed by atoms with van der Waals surface area (Å²) in [5, 5.41) is 23.4.